The number of hydrogen-bond acceptors (Lipinski definition) is 11. The van der Waals surface area contributed by atoms with Gasteiger partial charge in [0.25, 0.3) is 0 Å². The lowest BCUT2D eigenvalue weighted by Crippen LogP contribution is -2.63. The predicted molar refractivity (Wildman–Crippen MR) is 85.5 cm³/mol. The molecule has 28 heavy (non-hydrogen) atoms. The summed E-state index contributed by atoms with van der Waals surface area (Å²) in [5.74, 6) is -4.39. The summed E-state index contributed by atoms with van der Waals surface area (Å²) in [6.45, 7) is 3.09. The summed E-state index contributed by atoms with van der Waals surface area (Å²) in [6.07, 6.45) is -6.87. The Balaban J connectivity index is 3.26. The Hall–Kier alpha value is -2.73. The lowest BCUT2D eigenvalue weighted by Gasteiger charge is -2.43. The summed E-state index contributed by atoms with van der Waals surface area (Å²) in [6, 6.07) is 0. The zero-order valence-electron chi connectivity index (χ0n) is 15.7. The molecule has 0 radical (unpaired) electrons. The lowest BCUT2D eigenvalue weighted by atomic mass is 9.98. The van der Waals surface area contributed by atoms with Crippen LogP contribution in [0.3, 0.4) is 0 Å². The van der Waals surface area contributed by atoms with Crippen molar-refractivity contribution >= 4 is 29.8 Å². The van der Waals surface area contributed by atoms with Crippen LogP contribution in [0.15, 0.2) is 0 Å². The zero-order chi connectivity index (χ0) is 21.4. The molecule has 1 aliphatic rings. The second-order valence-corrected chi connectivity index (χ2v) is 5.77. The maximum atomic E-state index is 11.6. The molecule has 158 valence electrons. The number of carbonyl (C=O) groups excluding carboxylic acids is 4. The van der Waals surface area contributed by atoms with E-state index in [-0.39, 0.29) is 0 Å². The Morgan fingerprint density at radius 2 is 1.29 bits per heavy atom. The van der Waals surface area contributed by atoms with Gasteiger partial charge in [-0.1, -0.05) is 0 Å². The maximum absolute atomic E-state index is 11.6. The van der Waals surface area contributed by atoms with Gasteiger partial charge in [-0.05, 0) is 0 Å². The van der Waals surface area contributed by atoms with Crippen molar-refractivity contribution in [2.45, 2.75) is 58.4 Å². The first-order chi connectivity index (χ1) is 13.0. The topological polar surface area (TPSA) is 161 Å². The van der Waals surface area contributed by atoms with E-state index in [1.807, 2.05) is 0 Å². The Labute approximate surface area is 159 Å². The summed E-state index contributed by atoms with van der Waals surface area (Å²) in [7, 11) is 0. The Bertz CT molecular complexity index is 571. The summed E-state index contributed by atoms with van der Waals surface area (Å²) < 4.78 is 30.8. The standard InChI is InChI=1S/C16H22O12/c1-7(17)23-5-11-13(25-8(2)18)14(26-9(3)19)15(27-10(4)20)16(28-11)24-6-12(21)22/h11,13-16H,5-6H2,1-4H3,(H,21,22)/t11-,13+,14+,15-,16?/m1/s1. The molecule has 12 nitrogen and oxygen atoms in total. The van der Waals surface area contributed by atoms with Gasteiger partial charge in [-0.25, -0.2) is 4.79 Å². The fourth-order valence-corrected chi connectivity index (χ4v) is 2.48. The van der Waals surface area contributed by atoms with Crippen molar-refractivity contribution in [3.05, 3.63) is 0 Å². The SMILES string of the molecule is CC(=O)OC[C@H]1OC(OCC(=O)O)[C@H](OC(C)=O)[C@@H](OC(C)=O)[C@H]1OC(C)=O. The van der Waals surface area contributed by atoms with Crippen LogP contribution in [0.4, 0.5) is 0 Å². The number of carboxylic acids is 1. The molecule has 0 aromatic rings. The quantitative estimate of drug-likeness (QED) is 0.394. The second kappa shape index (κ2) is 10.6. The molecule has 0 spiro atoms. The van der Waals surface area contributed by atoms with Crippen molar-refractivity contribution in [2.24, 2.45) is 0 Å². The van der Waals surface area contributed by atoms with Crippen LogP contribution in [0.5, 0.6) is 0 Å². The fourth-order valence-electron chi connectivity index (χ4n) is 2.48. The zero-order valence-corrected chi connectivity index (χ0v) is 15.7. The third-order valence-corrected chi connectivity index (χ3v) is 3.32. The lowest BCUT2D eigenvalue weighted by molar-refractivity contribution is -0.307. The van der Waals surface area contributed by atoms with E-state index in [4.69, 9.17) is 33.5 Å². The first-order valence-electron chi connectivity index (χ1n) is 8.15. The van der Waals surface area contributed by atoms with Crippen molar-refractivity contribution in [3.8, 4) is 0 Å². The summed E-state index contributed by atoms with van der Waals surface area (Å²) in [5, 5.41) is 8.82. The predicted octanol–water partition coefficient (Wildman–Crippen LogP) is -0.829. The number of esters is 4. The van der Waals surface area contributed by atoms with Crippen LogP contribution in [-0.2, 0) is 52.4 Å². The van der Waals surface area contributed by atoms with Gasteiger partial charge in [0.05, 0.1) is 0 Å². The van der Waals surface area contributed by atoms with E-state index in [9.17, 15) is 24.0 Å². The van der Waals surface area contributed by atoms with Crippen molar-refractivity contribution in [1.29, 1.82) is 0 Å². The van der Waals surface area contributed by atoms with Crippen LogP contribution in [-0.4, -0.2) is 78.9 Å². The molecular weight excluding hydrogens is 384 g/mol. The van der Waals surface area contributed by atoms with Crippen LogP contribution in [0.25, 0.3) is 0 Å². The molecule has 1 aliphatic heterocycles. The van der Waals surface area contributed by atoms with Crippen molar-refractivity contribution < 1.29 is 57.5 Å². The largest absolute Gasteiger partial charge is 0.480 e. The third kappa shape index (κ3) is 7.48. The molecule has 12 heteroatoms. The maximum Gasteiger partial charge on any atom is 0.329 e. The first kappa shape index (κ1) is 23.3. The van der Waals surface area contributed by atoms with Gasteiger partial charge in [-0.15, -0.1) is 0 Å². The van der Waals surface area contributed by atoms with Gasteiger partial charge in [0, 0.05) is 27.7 Å². The van der Waals surface area contributed by atoms with Crippen LogP contribution < -0.4 is 0 Å². The number of aliphatic carboxylic acids is 1. The molecule has 5 atom stereocenters. The minimum absolute atomic E-state index is 0.426. The van der Waals surface area contributed by atoms with Gasteiger partial charge in [0.15, 0.2) is 24.6 Å². The molecule has 1 fully saturated rings. The molecule has 1 N–H and O–H groups in total. The van der Waals surface area contributed by atoms with E-state index < -0.39 is 73.8 Å². The van der Waals surface area contributed by atoms with E-state index in [2.05, 4.69) is 0 Å². The molecule has 0 aliphatic carbocycles. The highest BCUT2D eigenvalue weighted by Crippen LogP contribution is 2.29. The van der Waals surface area contributed by atoms with Crippen LogP contribution in [0, 0.1) is 0 Å². The van der Waals surface area contributed by atoms with Gasteiger partial charge in [-0.3, -0.25) is 19.2 Å². The highest BCUT2D eigenvalue weighted by molar-refractivity contribution is 5.69. The Morgan fingerprint density at radius 3 is 1.75 bits per heavy atom. The summed E-state index contributed by atoms with van der Waals surface area (Å²) >= 11 is 0. The van der Waals surface area contributed by atoms with Gasteiger partial charge < -0.3 is 33.5 Å². The van der Waals surface area contributed by atoms with Gasteiger partial charge in [0.1, 0.15) is 19.3 Å². The van der Waals surface area contributed by atoms with E-state index in [0.717, 1.165) is 27.7 Å². The Kier molecular flexibility index (Phi) is 8.79. The van der Waals surface area contributed by atoms with Crippen LogP contribution >= 0.6 is 0 Å². The molecule has 0 bridgehead atoms. The number of carbonyl (C=O) groups is 5. The molecular formula is C16H22O12. The molecule has 1 unspecified atom stereocenters. The normalized spacial score (nSPS) is 26.6. The number of rotatable bonds is 8. The van der Waals surface area contributed by atoms with Crippen molar-refractivity contribution in [3.63, 3.8) is 0 Å². The molecule has 0 saturated carbocycles. The first-order valence-corrected chi connectivity index (χ1v) is 8.15. The average molecular weight is 406 g/mol. The highest BCUT2D eigenvalue weighted by atomic mass is 16.7. The van der Waals surface area contributed by atoms with Gasteiger partial charge in [-0.2, -0.15) is 0 Å². The number of hydrogen-bond donors (Lipinski definition) is 1. The number of ether oxygens (including phenoxy) is 6. The average Bonchev–Trinajstić information content (AvgIpc) is 2.54. The minimum Gasteiger partial charge on any atom is -0.480 e. The summed E-state index contributed by atoms with van der Waals surface area (Å²) in [5.41, 5.74) is 0. The van der Waals surface area contributed by atoms with E-state index in [1.54, 1.807) is 0 Å². The van der Waals surface area contributed by atoms with E-state index in [0.29, 0.717) is 0 Å². The molecule has 1 heterocycles. The molecule has 0 aromatic heterocycles. The second-order valence-electron chi connectivity index (χ2n) is 5.77. The molecule has 0 aromatic carbocycles. The minimum atomic E-state index is -1.50. The van der Waals surface area contributed by atoms with Crippen molar-refractivity contribution in [1.82, 2.24) is 0 Å². The third-order valence-electron chi connectivity index (χ3n) is 3.32. The Morgan fingerprint density at radius 1 is 0.786 bits per heavy atom. The molecule has 1 rings (SSSR count). The number of carboxylic acid groups (broad SMARTS) is 1. The van der Waals surface area contributed by atoms with Gasteiger partial charge in [0.2, 0.25) is 0 Å². The van der Waals surface area contributed by atoms with Gasteiger partial charge >= 0.3 is 29.8 Å². The molecule has 1 saturated heterocycles. The van der Waals surface area contributed by atoms with E-state index in [1.165, 1.54) is 0 Å². The highest BCUT2D eigenvalue weighted by Gasteiger charge is 2.52. The molecule has 0 amide bonds. The fraction of sp³-hybridized carbons (Fsp3) is 0.688. The monoisotopic (exact) mass is 406 g/mol. The van der Waals surface area contributed by atoms with Crippen molar-refractivity contribution in [2.75, 3.05) is 13.2 Å². The van der Waals surface area contributed by atoms with Crippen LogP contribution in [0.1, 0.15) is 27.7 Å². The van der Waals surface area contributed by atoms with Crippen LogP contribution in [0.2, 0.25) is 0 Å². The van der Waals surface area contributed by atoms with E-state index >= 15 is 0 Å². The smallest absolute Gasteiger partial charge is 0.329 e. The summed E-state index contributed by atoms with van der Waals surface area (Å²) in [4.78, 5) is 56.5.